The number of rotatable bonds is 4. The lowest BCUT2D eigenvalue weighted by molar-refractivity contribution is -0.131. The van der Waals surface area contributed by atoms with Crippen molar-refractivity contribution < 1.29 is 9.21 Å². The molecule has 5 aromatic rings. The van der Waals surface area contributed by atoms with Crippen LogP contribution in [-0.4, -0.2) is 54.3 Å². The molecule has 1 aromatic carbocycles. The summed E-state index contributed by atoms with van der Waals surface area (Å²) in [4.78, 5) is 23.6. The lowest BCUT2D eigenvalue weighted by atomic mass is 10.1. The zero-order chi connectivity index (χ0) is 20.8. The van der Waals surface area contributed by atoms with Gasteiger partial charge in [-0.2, -0.15) is 14.6 Å². The van der Waals surface area contributed by atoms with Crippen molar-refractivity contribution in [2.45, 2.75) is 6.04 Å². The number of aromatic nitrogens is 6. The highest BCUT2D eigenvalue weighted by atomic mass is 16.3. The van der Waals surface area contributed by atoms with E-state index in [9.17, 15) is 4.79 Å². The van der Waals surface area contributed by atoms with Gasteiger partial charge in [0.1, 0.15) is 0 Å². The molecule has 0 fully saturated rings. The predicted octanol–water partition coefficient (Wildman–Crippen LogP) is 1.99. The fraction of sp³-hybridized carbons (Fsp3) is 0.150. The second kappa shape index (κ2) is 6.69. The molecule has 1 amide bonds. The normalized spacial score (nSPS) is 12.5. The predicted molar refractivity (Wildman–Crippen MR) is 109 cm³/mol. The average Bonchev–Trinajstić information content (AvgIpc) is 3.48. The van der Waals surface area contributed by atoms with Crippen molar-refractivity contribution in [3.63, 3.8) is 0 Å². The van der Waals surface area contributed by atoms with Crippen molar-refractivity contribution in [3.8, 4) is 11.6 Å². The Morgan fingerprint density at radius 3 is 2.60 bits per heavy atom. The number of carbonyl (C=O) groups is 1. The number of hydrogen-bond donors (Lipinski definition) is 1. The van der Waals surface area contributed by atoms with Gasteiger partial charge in [0.05, 0.1) is 17.8 Å². The number of nitrogens with two attached hydrogens (primary N) is 1. The first-order chi connectivity index (χ1) is 14.5. The molecule has 0 saturated carbocycles. The molecule has 1 unspecified atom stereocenters. The van der Waals surface area contributed by atoms with Crippen LogP contribution in [0.2, 0.25) is 0 Å². The van der Waals surface area contributed by atoms with Gasteiger partial charge in [0.15, 0.2) is 23.1 Å². The SMILES string of the molecule is CN(C)C(=O)C(c1ccccc1)n1ncc2c1nc(N)n1nc(-c3ccco3)nc21. The second-order valence-corrected chi connectivity index (χ2v) is 6.99. The summed E-state index contributed by atoms with van der Waals surface area (Å²) in [5, 5.41) is 9.50. The molecule has 1 atom stereocenters. The number of amides is 1. The molecule has 10 heteroatoms. The van der Waals surface area contributed by atoms with Crippen LogP contribution in [0.1, 0.15) is 11.6 Å². The molecule has 0 radical (unpaired) electrons. The van der Waals surface area contributed by atoms with Gasteiger partial charge in [0.2, 0.25) is 11.8 Å². The number of carbonyl (C=O) groups excluding carboxylic acids is 1. The maximum atomic E-state index is 13.1. The monoisotopic (exact) mass is 402 g/mol. The second-order valence-electron chi connectivity index (χ2n) is 6.99. The Kier molecular flexibility index (Phi) is 3.98. The van der Waals surface area contributed by atoms with Gasteiger partial charge in [0, 0.05) is 14.1 Å². The van der Waals surface area contributed by atoms with Crippen LogP contribution in [-0.2, 0) is 4.79 Å². The average molecular weight is 402 g/mol. The van der Waals surface area contributed by atoms with E-state index < -0.39 is 6.04 Å². The molecule has 30 heavy (non-hydrogen) atoms. The van der Waals surface area contributed by atoms with Crippen molar-refractivity contribution in [2.75, 3.05) is 19.8 Å². The Morgan fingerprint density at radius 1 is 1.10 bits per heavy atom. The van der Waals surface area contributed by atoms with Crippen molar-refractivity contribution >= 4 is 28.5 Å². The number of nitrogens with zero attached hydrogens (tertiary/aromatic N) is 7. The van der Waals surface area contributed by atoms with Crippen LogP contribution in [0.25, 0.3) is 28.3 Å². The van der Waals surface area contributed by atoms with Crippen LogP contribution in [0.4, 0.5) is 5.95 Å². The molecule has 0 aliphatic carbocycles. The number of likely N-dealkylation sites (N-methyl/N-ethyl adjacent to an activating group) is 1. The summed E-state index contributed by atoms with van der Waals surface area (Å²) in [5.74, 6) is 0.902. The Labute approximate surface area is 170 Å². The molecule has 0 saturated heterocycles. The quantitative estimate of drug-likeness (QED) is 0.488. The van der Waals surface area contributed by atoms with Crippen LogP contribution in [0, 0.1) is 0 Å². The van der Waals surface area contributed by atoms with E-state index in [1.807, 2.05) is 30.3 Å². The van der Waals surface area contributed by atoms with E-state index in [-0.39, 0.29) is 11.9 Å². The number of hydrogen-bond acceptors (Lipinski definition) is 7. The Balaban J connectivity index is 1.74. The molecule has 4 heterocycles. The van der Waals surface area contributed by atoms with Gasteiger partial charge < -0.3 is 15.1 Å². The summed E-state index contributed by atoms with van der Waals surface area (Å²) in [7, 11) is 3.41. The Hall–Kier alpha value is -4.21. The first kappa shape index (κ1) is 17.9. The van der Waals surface area contributed by atoms with Crippen LogP contribution in [0.15, 0.2) is 59.3 Å². The maximum absolute atomic E-state index is 13.1. The van der Waals surface area contributed by atoms with Crippen LogP contribution in [0.3, 0.4) is 0 Å². The van der Waals surface area contributed by atoms with Gasteiger partial charge >= 0.3 is 0 Å². The standard InChI is InChI=1S/C20H18N8O2/c1-26(2)19(29)15(12-7-4-3-5-8-12)27-18-13(11-22-27)17-23-16(14-9-6-10-30-14)25-28(17)20(21)24-18/h3-11,15H,1-2H3,(H2,21,24). The van der Waals surface area contributed by atoms with E-state index in [0.717, 1.165) is 5.56 Å². The van der Waals surface area contributed by atoms with Crippen LogP contribution < -0.4 is 5.73 Å². The van der Waals surface area contributed by atoms with Crippen LogP contribution in [0.5, 0.6) is 0 Å². The van der Waals surface area contributed by atoms with Crippen molar-refractivity contribution in [1.82, 2.24) is 34.3 Å². The van der Waals surface area contributed by atoms with Gasteiger partial charge in [-0.25, -0.2) is 9.67 Å². The molecule has 0 spiro atoms. The molecular weight excluding hydrogens is 384 g/mol. The first-order valence-electron chi connectivity index (χ1n) is 9.24. The number of benzene rings is 1. The van der Waals surface area contributed by atoms with Gasteiger partial charge in [-0.05, 0) is 17.7 Å². The smallest absolute Gasteiger partial charge is 0.251 e. The number of nitrogen functional groups attached to an aromatic ring is 1. The molecule has 4 aromatic heterocycles. The molecule has 0 bridgehead atoms. The lowest BCUT2D eigenvalue weighted by Crippen LogP contribution is -2.33. The van der Waals surface area contributed by atoms with E-state index in [0.29, 0.717) is 28.3 Å². The Morgan fingerprint density at radius 2 is 1.90 bits per heavy atom. The number of fused-ring (bicyclic) bond motifs is 3. The summed E-state index contributed by atoms with van der Waals surface area (Å²) >= 11 is 0. The fourth-order valence-corrected chi connectivity index (χ4v) is 3.39. The zero-order valence-corrected chi connectivity index (χ0v) is 16.3. The van der Waals surface area contributed by atoms with E-state index in [1.54, 1.807) is 43.4 Å². The largest absolute Gasteiger partial charge is 0.461 e. The summed E-state index contributed by atoms with van der Waals surface area (Å²) in [5.41, 5.74) is 7.90. The minimum atomic E-state index is -0.694. The summed E-state index contributed by atoms with van der Waals surface area (Å²) in [6.45, 7) is 0. The third-order valence-corrected chi connectivity index (χ3v) is 4.83. The van der Waals surface area contributed by atoms with Gasteiger partial charge in [0.25, 0.3) is 5.91 Å². The third kappa shape index (κ3) is 2.69. The van der Waals surface area contributed by atoms with Gasteiger partial charge in [-0.1, -0.05) is 30.3 Å². The van der Waals surface area contributed by atoms with Crippen molar-refractivity contribution in [2.24, 2.45) is 0 Å². The molecule has 0 aliphatic rings. The highest BCUT2D eigenvalue weighted by Gasteiger charge is 2.28. The zero-order valence-electron chi connectivity index (χ0n) is 16.3. The fourth-order valence-electron chi connectivity index (χ4n) is 3.39. The highest BCUT2D eigenvalue weighted by Crippen LogP contribution is 2.28. The topological polar surface area (TPSA) is 120 Å². The third-order valence-electron chi connectivity index (χ3n) is 4.83. The molecule has 150 valence electrons. The van der Waals surface area contributed by atoms with E-state index in [4.69, 9.17) is 10.2 Å². The molecule has 5 rings (SSSR count). The molecule has 10 nitrogen and oxygen atoms in total. The highest BCUT2D eigenvalue weighted by molar-refractivity contribution is 5.92. The minimum absolute atomic E-state index is 0.133. The number of furan rings is 1. The van der Waals surface area contributed by atoms with E-state index in [2.05, 4.69) is 20.2 Å². The van der Waals surface area contributed by atoms with E-state index in [1.165, 1.54) is 9.42 Å². The molecule has 0 aliphatic heterocycles. The van der Waals surface area contributed by atoms with Gasteiger partial charge in [-0.3, -0.25) is 4.79 Å². The van der Waals surface area contributed by atoms with Crippen molar-refractivity contribution in [1.29, 1.82) is 0 Å². The number of anilines is 1. The van der Waals surface area contributed by atoms with Crippen molar-refractivity contribution in [3.05, 3.63) is 60.5 Å². The maximum Gasteiger partial charge on any atom is 0.251 e. The first-order valence-corrected chi connectivity index (χ1v) is 9.24. The molecule has 2 N–H and O–H groups in total. The van der Waals surface area contributed by atoms with E-state index >= 15 is 0 Å². The lowest BCUT2D eigenvalue weighted by Gasteiger charge is -2.21. The summed E-state index contributed by atoms with van der Waals surface area (Å²) in [6.07, 6.45) is 3.17. The minimum Gasteiger partial charge on any atom is -0.461 e. The van der Waals surface area contributed by atoms with Gasteiger partial charge in [-0.15, -0.1) is 5.10 Å². The Bertz CT molecular complexity index is 1350. The molecular formula is C20H18N8O2. The van der Waals surface area contributed by atoms with Crippen LogP contribution >= 0.6 is 0 Å². The summed E-state index contributed by atoms with van der Waals surface area (Å²) < 4.78 is 8.41. The summed E-state index contributed by atoms with van der Waals surface area (Å²) in [6, 6.07) is 12.2.